The van der Waals surface area contributed by atoms with Crippen LogP contribution in [0.3, 0.4) is 0 Å². The predicted molar refractivity (Wildman–Crippen MR) is 88.9 cm³/mol. The van der Waals surface area contributed by atoms with Crippen molar-refractivity contribution >= 4 is 33.3 Å². The van der Waals surface area contributed by atoms with E-state index in [0.29, 0.717) is 0 Å². The number of nitrogens with zero attached hydrogens (tertiary/aromatic N) is 2. The summed E-state index contributed by atoms with van der Waals surface area (Å²) in [5, 5.41) is 7.96. The van der Waals surface area contributed by atoms with Crippen molar-refractivity contribution in [3.63, 3.8) is 0 Å². The topological polar surface area (TPSA) is 49.8 Å². The van der Waals surface area contributed by atoms with E-state index < -0.39 is 0 Å². The highest BCUT2D eigenvalue weighted by atomic mass is 32.1. The van der Waals surface area contributed by atoms with Crippen molar-refractivity contribution in [1.82, 2.24) is 9.97 Å². The van der Waals surface area contributed by atoms with Crippen molar-refractivity contribution in [2.45, 2.75) is 53.0 Å². The van der Waals surface area contributed by atoms with E-state index in [2.05, 4.69) is 61.3 Å². The number of aryl methyl sites for hydroxylation is 1. The van der Waals surface area contributed by atoms with Gasteiger partial charge in [-0.25, -0.2) is 4.98 Å². The number of fused-ring (bicyclic) bond motifs is 1. The summed E-state index contributed by atoms with van der Waals surface area (Å²) in [6.07, 6.45) is 2.10. The molecule has 0 radical (unpaired) electrons. The molecule has 4 nitrogen and oxygen atoms in total. The first-order valence-electron chi connectivity index (χ1n) is 7.25. The molecule has 0 bridgehead atoms. The summed E-state index contributed by atoms with van der Waals surface area (Å²) in [7, 11) is 0. The van der Waals surface area contributed by atoms with E-state index in [0.717, 1.165) is 41.4 Å². The van der Waals surface area contributed by atoms with Crippen molar-refractivity contribution in [3.8, 4) is 0 Å². The Balaban J connectivity index is 2.43. The number of rotatable bonds is 6. The fraction of sp³-hybridized carbons (Fsp3) is 0.600. The van der Waals surface area contributed by atoms with Crippen molar-refractivity contribution in [3.05, 3.63) is 10.9 Å². The average molecular weight is 292 g/mol. The monoisotopic (exact) mass is 292 g/mol. The highest BCUT2D eigenvalue weighted by Gasteiger charge is 2.18. The molecular formula is C15H24N4S. The number of anilines is 2. The molecule has 0 saturated carbocycles. The lowest BCUT2D eigenvalue weighted by Crippen LogP contribution is -2.30. The first kappa shape index (κ1) is 15.0. The van der Waals surface area contributed by atoms with Gasteiger partial charge in [0.25, 0.3) is 0 Å². The minimum Gasteiger partial charge on any atom is -0.364 e. The number of aromatic nitrogens is 2. The maximum absolute atomic E-state index is 4.66. The van der Waals surface area contributed by atoms with Gasteiger partial charge < -0.3 is 10.6 Å². The Morgan fingerprint density at radius 2 is 2.00 bits per heavy atom. The lowest BCUT2D eigenvalue weighted by atomic mass is 10.0. The number of hydrogen-bond donors (Lipinski definition) is 2. The van der Waals surface area contributed by atoms with Crippen LogP contribution in [0.1, 0.15) is 45.4 Å². The molecule has 20 heavy (non-hydrogen) atoms. The molecule has 2 aromatic rings. The van der Waals surface area contributed by atoms with Crippen LogP contribution in [0.2, 0.25) is 0 Å². The number of nitrogens with one attached hydrogen (secondary N) is 2. The molecule has 0 atom stereocenters. The van der Waals surface area contributed by atoms with Crippen LogP contribution in [0, 0.1) is 6.92 Å². The van der Waals surface area contributed by atoms with Gasteiger partial charge in [-0.2, -0.15) is 4.98 Å². The summed E-state index contributed by atoms with van der Waals surface area (Å²) in [6.45, 7) is 11.7. The van der Waals surface area contributed by atoms with E-state index in [9.17, 15) is 0 Å². The van der Waals surface area contributed by atoms with E-state index in [-0.39, 0.29) is 5.54 Å². The highest BCUT2D eigenvalue weighted by molar-refractivity contribution is 7.18. The molecule has 0 unspecified atom stereocenters. The third kappa shape index (κ3) is 3.39. The molecular weight excluding hydrogens is 268 g/mol. The van der Waals surface area contributed by atoms with Crippen LogP contribution in [0.4, 0.5) is 11.8 Å². The highest BCUT2D eigenvalue weighted by Crippen LogP contribution is 2.31. The van der Waals surface area contributed by atoms with Gasteiger partial charge in [0.05, 0.1) is 5.39 Å². The van der Waals surface area contributed by atoms with Crippen molar-refractivity contribution in [2.24, 2.45) is 0 Å². The van der Waals surface area contributed by atoms with Gasteiger partial charge in [0, 0.05) is 17.0 Å². The SMILES string of the molecule is CCCNc1nc(NC(C)(C)CC)c2cc(C)sc2n1. The van der Waals surface area contributed by atoms with Gasteiger partial charge >= 0.3 is 0 Å². The number of thiophene rings is 1. The standard InChI is InChI=1S/C15H24N4S/c1-6-8-16-14-17-12(19-15(4,5)7-2)11-9-10(3)20-13(11)18-14/h9H,6-8H2,1-5H3,(H2,16,17,18,19). The Morgan fingerprint density at radius 3 is 2.65 bits per heavy atom. The summed E-state index contributed by atoms with van der Waals surface area (Å²) < 4.78 is 0. The minimum absolute atomic E-state index is 0.0269. The van der Waals surface area contributed by atoms with Crippen LogP contribution in [-0.2, 0) is 0 Å². The molecule has 0 fully saturated rings. The fourth-order valence-electron chi connectivity index (χ4n) is 1.86. The second kappa shape index (κ2) is 5.95. The van der Waals surface area contributed by atoms with E-state index in [1.54, 1.807) is 11.3 Å². The van der Waals surface area contributed by atoms with Crippen LogP contribution in [0.5, 0.6) is 0 Å². The lowest BCUT2D eigenvalue weighted by molar-refractivity contribution is 0.545. The van der Waals surface area contributed by atoms with Crippen LogP contribution in [0.15, 0.2) is 6.07 Å². The van der Waals surface area contributed by atoms with Crippen molar-refractivity contribution in [1.29, 1.82) is 0 Å². The largest absolute Gasteiger partial charge is 0.364 e. The molecule has 0 aliphatic rings. The van der Waals surface area contributed by atoms with Crippen LogP contribution >= 0.6 is 11.3 Å². The fourth-order valence-corrected chi connectivity index (χ4v) is 2.74. The van der Waals surface area contributed by atoms with Crippen LogP contribution in [0.25, 0.3) is 10.2 Å². The molecule has 0 aliphatic carbocycles. The van der Waals surface area contributed by atoms with E-state index in [4.69, 9.17) is 0 Å². The summed E-state index contributed by atoms with van der Waals surface area (Å²) in [4.78, 5) is 11.6. The Morgan fingerprint density at radius 1 is 1.25 bits per heavy atom. The molecule has 0 aliphatic heterocycles. The first-order valence-corrected chi connectivity index (χ1v) is 8.07. The zero-order chi connectivity index (χ0) is 14.8. The molecule has 110 valence electrons. The summed E-state index contributed by atoms with van der Waals surface area (Å²) >= 11 is 1.72. The Hall–Kier alpha value is -1.36. The maximum Gasteiger partial charge on any atom is 0.226 e. The second-order valence-electron chi connectivity index (χ2n) is 5.76. The zero-order valence-corrected chi connectivity index (χ0v) is 13.8. The Labute approximate surface area is 125 Å². The predicted octanol–water partition coefficient (Wildman–Crippen LogP) is 4.42. The average Bonchev–Trinajstić information content (AvgIpc) is 2.77. The zero-order valence-electron chi connectivity index (χ0n) is 13.0. The molecule has 2 N–H and O–H groups in total. The molecule has 5 heteroatoms. The minimum atomic E-state index is 0.0269. The molecule has 0 spiro atoms. The van der Waals surface area contributed by atoms with Gasteiger partial charge in [-0.15, -0.1) is 11.3 Å². The molecule has 2 rings (SSSR count). The molecule has 0 saturated heterocycles. The lowest BCUT2D eigenvalue weighted by Gasteiger charge is -2.25. The van der Waals surface area contributed by atoms with Gasteiger partial charge in [0.1, 0.15) is 10.6 Å². The van der Waals surface area contributed by atoms with E-state index in [1.165, 1.54) is 4.88 Å². The third-order valence-corrected chi connectivity index (χ3v) is 4.33. The normalized spacial score (nSPS) is 11.8. The molecule has 2 aromatic heterocycles. The molecule has 2 heterocycles. The third-order valence-electron chi connectivity index (χ3n) is 3.39. The smallest absolute Gasteiger partial charge is 0.226 e. The van der Waals surface area contributed by atoms with Crippen LogP contribution in [-0.4, -0.2) is 22.1 Å². The van der Waals surface area contributed by atoms with Crippen molar-refractivity contribution < 1.29 is 0 Å². The van der Waals surface area contributed by atoms with Crippen LogP contribution < -0.4 is 10.6 Å². The van der Waals surface area contributed by atoms with Gasteiger partial charge in [-0.3, -0.25) is 0 Å². The molecule has 0 aromatic carbocycles. The Bertz CT molecular complexity index is 589. The second-order valence-corrected chi connectivity index (χ2v) is 7.00. The van der Waals surface area contributed by atoms with Gasteiger partial charge in [0.2, 0.25) is 5.95 Å². The first-order chi connectivity index (χ1) is 9.45. The number of hydrogen-bond acceptors (Lipinski definition) is 5. The van der Waals surface area contributed by atoms with Crippen molar-refractivity contribution in [2.75, 3.05) is 17.2 Å². The Kier molecular flexibility index (Phi) is 4.48. The van der Waals surface area contributed by atoms with Gasteiger partial charge in [0.15, 0.2) is 0 Å². The van der Waals surface area contributed by atoms with Gasteiger partial charge in [-0.05, 0) is 39.7 Å². The van der Waals surface area contributed by atoms with E-state index in [1.807, 2.05) is 0 Å². The molecule has 0 amide bonds. The van der Waals surface area contributed by atoms with Gasteiger partial charge in [-0.1, -0.05) is 13.8 Å². The maximum atomic E-state index is 4.66. The summed E-state index contributed by atoms with van der Waals surface area (Å²) in [6, 6.07) is 2.16. The summed E-state index contributed by atoms with van der Waals surface area (Å²) in [5.74, 6) is 1.65. The summed E-state index contributed by atoms with van der Waals surface area (Å²) in [5.41, 5.74) is 0.0269. The quantitative estimate of drug-likeness (QED) is 0.827. The van der Waals surface area contributed by atoms with E-state index >= 15 is 0 Å².